The summed E-state index contributed by atoms with van der Waals surface area (Å²) in [6.07, 6.45) is 1.31. The third-order valence-electron chi connectivity index (χ3n) is 3.45. The van der Waals surface area contributed by atoms with Crippen LogP contribution in [0.3, 0.4) is 0 Å². The summed E-state index contributed by atoms with van der Waals surface area (Å²) in [4.78, 5) is 2.41. The topological polar surface area (TPSA) is 46.2 Å². The lowest BCUT2D eigenvalue weighted by Gasteiger charge is -2.33. The van der Waals surface area contributed by atoms with E-state index in [4.69, 9.17) is 0 Å². The van der Waals surface area contributed by atoms with E-state index in [0.29, 0.717) is 0 Å². The van der Waals surface area contributed by atoms with Crippen molar-refractivity contribution in [1.29, 1.82) is 0 Å². The van der Waals surface area contributed by atoms with Gasteiger partial charge in [0.1, 0.15) is 0 Å². The van der Waals surface area contributed by atoms with Gasteiger partial charge in [0, 0.05) is 16.0 Å². The maximum atomic E-state index is 12.0. The molecular formula is C13H23NO2S2. The van der Waals surface area contributed by atoms with Gasteiger partial charge in [-0.15, -0.1) is 11.3 Å². The Kier molecular flexibility index (Phi) is 4.62. The Morgan fingerprint density at radius 3 is 2.28 bits per heavy atom. The van der Waals surface area contributed by atoms with Gasteiger partial charge < -0.3 is 5.32 Å². The first kappa shape index (κ1) is 15.7. The zero-order valence-corrected chi connectivity index (χ0v) is 13.6. The number of aryl methyl sites for hydroxylation is 2. The minimum absolute atomic E-state index is 0.164. The Hall–Kier alpha value is -0.390. The summed E-state index contributed by atoms with van der Waals surface area (Å²) < 4.78 is 23.2. The summed E-state index contributed by atoms with van der Waals surface area (Å²) in [5, 5.41) is 3.33. The molecule has 1 atom stereocenters. The zero-order chi connectivity index (χ0) is 14.1. The smallest absolute Gasteiger partial charge is 0.154 e. The molecular weight excluding hydrogens is 266 g/mol. The summed E-state index contributed by atoms with van der Waals surface area (Å²) in [7, 11) is -3.14. The van der Waals surface area contributed by atoms with Gasteiger partial charge in [-0.3, -0.25) is 0 Å². The van der Waals surface area contributed by atoms with Crippen molar-refractivity contribution in [3.8, 4) is 0 Å². The molecule has 0 saturated carbocycles. The van der Waals surface area contributed by atoms with Crippen LogP contribution in [0.4, 0.5) is 0 Å². The predicted octanol–water partition coefficient (Wildman–Crippen LogP) is 2.84. The highest BCUT2D eigenvalue weighted by atomic mass is 32.2. The summed E-state index contributed by atoms with van der Waals surface area (Å²) in [6, 6.07) is 1.93. The van der Waals surface area contributed by atoms with Gasteiger partial charge >= 0.3 is 0 Å². The maximum absolute atomic E-state index is 12.0. The number of rotatable bonds is 5. The van der Waals surface area contributed by atoms with Crippen molar-refractivity contribution < 1.29 is 8.42 Å². The van der Waals surface area contributed by atoms with Crippen molar-refractivity contribution in [2.45, 2.75) is 45.4 Å². The van der Waals surface area contributed by atoms with E-state index in [1.807, 2.05) is 6.92 Å². The molecule has 1 N–H and O–H groups in total. The summed E-state index contributed by atoms with van der Waals surface area (Å²) in [6.45, 7) is 10.4. The van der Waals surface area contributed by atoms with Gasteiger partial charge in [-0.1, -0.05) is 6.92 Å². The highest BCUT2D eigenvalue weighted by Gasteiger charge is 2.40. The average Bonchev–Trinajstić information content (AvgIpc) is 2.52. The van der Waals surface area contributed by atoms with Crippen molar-refractivity contribution in [1.82, 2.24) is 5.32 Å². The quantitative estimate of drug-likeness (QED) is 0.906. The second kappa shape index (κ2) is 5.31. The van der Waals surface area contributed by atoms with E-state index in [1.54, 1.807) is 25.2 Å². The maximum Gasteiger partial charge on any atom is 0.154 e. The second-order valence-corrected chi connectivity index (χ2v) is 9.29. The molecule has 0 aliphatic heterocycles. The van der Waals surface area contributed by atoms with E-state index < -0.39 is 14.6 Å². The number of hydrogen-bond donors (Lipinski definition) is 1. The van der Waals surface area contributed by atoms with Crippen LogP contribution < -0.4 is 5.32 Å². The van der Waals surface area contributed by atoms with Gasteiger partial charge in [0.15, 0.2) is 9.84 Å². The fourth-order valence-electron chi connectivity index (χ4n) is 2.09. The van der Waals surface area contributed by atoms with E-state index in [-0.39, 0.29) is 6.04 Å². The average molecular weight is 289 g/mol. The highest BCUT2D eigenvalue weighted by Crippen LogP contribution is 2.36. The number of nitrogens with one attached hydrogen (secondary N) is 1. The van der Waals surface area contributed by atoms with E-state index in [2.05, 4.69) is 25.2 Å². The lowest BCUT2D eigenvalue weighted by atomic mass is 9.95. The molecule has 1 aromatic heterocycles. The molecule has 0 amide bonds. The Balaban J connectivity index is 3.31. The Bertz CT molecular complexity index is 515. The van der Waals surface area contributed by atoms with E-state index in [0.717, 1.165) is 12.1 Å². The minimum Gasteiger partial charge on any atom is -0.309 e. The van der Waals surface area contributed by atoms with Crippen LogP contribution in [-0.4, -0.2) is 26.0 Å². The molecule has 0 radical (unpaired) electrons. The molecule has 5 heteroatoms. The second-order valence-electron chi connectivity index (χ2n) is 5.23. The standard InChI is InChI=1S/C13H23NO2S2/c1-7-14-12(13(4,5)18(6,15)16)11-8-9(2)17-10(11)3/h8,12,14H,7H2,1-6H3. The molecule has 1 heterocycles. The molecule has 0 aromatic carbocycles. The van der Waals surface area contributed by atoms with Crippen LogP contribution in [-0.2, 0) is 9.84 Å². The molecule has 1 aromatic rings. The number of hydrogen-bond acceptors (Lipinski definition) is 4. The molecule has 0 fully saturated rings. The normalized spacial score (nSPS) is 14.8. The van der Waals surface area contributed by atoms with Gasteiger partial charge in [-0.25, -0.2) is 8.42 Å². The lowest BCUT2D eigenvalue weighted by molar-refractivity contribution is 0.428. The Morgan fingerprint density at radius 2 is 1.94 bits per heavy atom. The SMILES string of the molecule is CCNC(c1cc(C)sc1C)C(C)(C)S(C)(=O)=O. The van der Waals surface area contributed by atoms with Crippen LogP contribution in [0.25, 0.3) is 0 Å². The lowest BCUT2D eigenvalue weighted by Crippen LogP contribution is -2.45. The third-order valence-corrected chi connectivity index (χ3v) is 6.58. The first-order valence-electron chi connectivity index (χ1n) is 6.11. The molecule has 0 aliphatic rings. The molecule has 0 aliphatic carbocycles. The van der Waals surface area contributed by atoms with Crippen LogP contribution in [0.15, 0.2) is 6.07 Å². The summed E-state index contributed by atoms with van der Waals surface area (Å²) >= 11 is 1.72. The molecule has 0 saturated heterocycles. The van der Waals surface area contributed by atoms with E-state index in [1.165, 1.54) is 16.0 Å². The zero-order valence-electron chi connectivity index (χ0n) is 12.0. The molecule has 3 nitrogen and oxygen atoms in total. The summed E-state index contributed by atoms with van der Waals surface area (Å²) in [5.74, 6) is 0. The van der Waals surface area contributed by atoms with Crippen molar-refractivity contribution >= 4 is 21.2 Å². The monoisotopic (exact) mass is 289 g/mol. The minimum atomic E-state index is -3.14. The van der Waals surface area contributed by atoms with Crippen molar-refractivity contribution in [2.24, 2.45) is 0 Å². The van der Waals surface area contributed by atoms with Crippen LogP contribution in [0.1, 0.15) is 42.1 Å². The largest absolute Gasteiger partial charge is 0.309 e. The van der Waals surface area contributed by atoms with E-state index >= 15 is 0 Å². The third kappa shape index (κ3) is 2.95. The molecule has 1 rings (SSSR count). The predicted molar refractivity (Wildman–Crippen MR) is 79.1 cm³/mol. The van der Waals surface area contributed by atoms with Crippen LogP contribution >= 0.6 is 11.3 Å². The first-order chi connectivity index (χ1) is 8.11. The first-order valence-corrected chi connectivity index (χ1v) is 8.82. The van der Waals surface area contributed by atoms with Crippen molar-refractivity contribution in [3.05, 3.63) is 21.4 Å². The number of thiophene rings is 1. The van der Waals surface area contributed by atoms with Crippen LogP contribution in [0, 0.1) is 13.8 Å². The van der Waals surface area contributed by atoms with Crippen LogP contribution in [0.5, 0.6) is 0 Å². The number of sulfone groups is 1. The highest BCUT2D eigenvalue weighted by molar-refractivity contribution is 7.92. The van der Waals surface area contributed by atoms with Gasteiger partial charge in [0.05, 0.1) is 10.8 Å². The van der Waals surface area contributed by atoms with Crippen molar-refractivity contribution in [3.63, 3.8) is 0 Å². The van der Waals surface area contributed by atoms with Gasteiger partial charge in [-0.2, -0.15) is 0 Å². The molecule has 1 unspecified atom stereocenters. The molecule has 104 valence electrons. The Morgan fingerprint density at radius 1 is 1.39 bits per heavy atom. The van der Waals surface area contributed by atoms with E-state index in [9.17, 15) is 8.42 Å². The van der Waals surface area contributed by atoms with Gasteiger partial charge in [0.25, 0.3) is 0 Å². The van der Waals surface area contributed by atoms with Gasteiger partial charge in [0.2, 0.25) is 0 Å². The van der Waals surface area contributed by atoms with Crippen molar-refractivity contribution in [2.75, 3.05) is 12.8 Å². The van der Waals surface area contributed by atoms with Crippen LogP contribution in [0.2, 0.25) is 0 Å². The molecule has 0 spiro atoms. The molecule has 0 bridgehead atoms. The fourth-order valence-corrected chi connectivity index (χ4v) is 3.69. The molecule has 18 heavy (non-hydrogen) atoms. The Labute approximate surface area is 115 Å². The summed E-state index contributed by atoms with van der Waals surface area (Å²) in [5.41, 5.74) is 1.11. The fraction of sp³-hybridized carbons (Fsp3) is 0.692. The van der Waals surface area contributed by atoms with Gasteiger partial charge in [-0.05, 0) is 45.9 Å².